The highest BCUT2D eigenvalue weighted by atomic mass is 19.1. The van der Waals surface area contributed by atoms with Crippen LogP contribution in [-0.4, -0.2) is 5.78 Å². The molecule has 0 fully saturated rings. The third-order valence-electron chi connectivity index (χ3n) is 3.13. The van der Waals surface area contributed by atoms with Crippen molar-refractivity contribution in [1.82, 2.24) is 0 Å². The number of Topliss-reactive ketones (excluding diaryl/α,β-unsaturated/α-hetero) is 1. The molecule has 0 bridgehead atoms. The summed E-state index contributed by atoms with van der Waals surface area (Å²) in [6.45, 7) is 3.98. The molecular formula is C15H15FN2O. The lowest BCUT2D eigenvalue weighted by Gasteiger charge is -2.30. The second-order valence-electron chi connectivity index (χ2n) is 5.54. The quantitative estimate of drug-likeness (QED) is 0.884. The Bertz CT molecular complexity index is 579. The van der Waals surface area contributed by atoms with Gasteiger partial charge in [-0.2, -0.15) is 5.26 Å². The van der Waals surface area contributed by atoms with E-state index < -0.39 is 0 Å². The smallest absolute Gasteiger partial charge is 0.175 e. The molecule has 0 radical (unpaired) electrons. The van der Waals surface area contributed by atoms with Crippen LogP contribution in [0, 0.1) is 22.6 Å². The molecule has 0 spiro atoms. The van der Waals surface area contributed by atoms with E-state index in [2.05, 4.69) is 5.32 Å². The van der Waals surface area contributed by atoms with Crippen molar-refractivity contribution in [3.63, 3.8) is 0 Å². The van der Waals surface area contributed by atoms with Gasteiger partial charge in [0.15, 0.2) is 5.78 Å². The van der Waals surface area contributed by atoms with E-state index in [1.807, 2.05) is 19.9 Å². The zero-order valence-electron chi connectivity index (χ0n) is 11.0. The molecule has 1 N–H and O–H groups in total. The van der Waals surface area contributed by atoms with Crippen LogP contribution in [0.4, 0.5) is 10.1 Å². The number of halogens is 1. The third kappa shape index (κ3) is 3.00. The first-order valence-corrected chi connectivity index (χ1v) is 6.10. The topological polar surface area (TPSA) is 52.9 Å². The molecule has 0 amide bonds. The molecule has 0 atom stereocenters. The predicted octanol–water partition coefficient (Wildman–Crippen LogP) is 3.40. The maximum atomic E-state index is 12.8. The lowest BCUT2D eigenvalue weighted by atomic mass is 9.76. The number of ketones is 1. The van der Waals surface area contributed by atoms with Crippen LogP contribution in [0.2, 0.25) is 0 Å². The van der Waals surface area contributed by atoms with Crippen LogP contribution in [0.25, 0.3) is 0 Å². The zero-order valence-corrected chi connectivity index (χ0v) is 11.0. The highest BCUT2D eigenvalue weighted by Gasteiger charge is 2.33. The van der Waals surface area contributed by atoms with E-state index in [0.29, 0.717) is 24.2 Å². The zero-order chi connectivity index (χ0) is 14.0. The van der Waals surface area contributed by atoms with Crippen molar-refractivity contribution in [2.75, 3.05) is 5.32 Å². The monoisotopic (exact) mass is 258 g/mol. The number of carbonyl (C=O) groups is 1. The Labute approximate surface area is 111 Å². The SMILES string of the molecule is CC1(C)CC(=O)C(C#N)=C(Nc2ccc(F)cc2)C1. The van der Waals surface area contributed by atoms with Gasteiger partial charge in [-0.1, -0.05) is 13.8 Å². The van der Waals surface area contributed by atoms with Crippen LogP contribution in [0.1, 0.15) is 26.7 Å². The molecule has 1 aliphatic rings. The molecule has 98 valence electrons. The molecule has 19 heavy (non-hydrogen) atoms. The van der Waals surface area contributed by atoms with Crippen LogP contribution >= 0.6 is 0 Å². The summed E-state index contributed by atoms with van der Waals surface area (Å²) in [6.07, 6.45) is 1.00. The summed E-state index contributed by atoms with van der Waals surface area (Å²) >= 11 is 0. The largest absolute Gasteiger partial charge is 0.358 e. The van der Waals surface area contributed by atoms with Crippen LogP contribution in [0.15, 0.2) is 35.5 Å². The number of rotatable bonds is 2. The van der Waals surface area contributed by atoms with Gasteiger partial charge in [-0.15, -0.1) is 0 Å². The highest BCUT2D eigenvalue weighted by Crippen LogP contribution is 2.36. The number of nitrogens with one attached hydrogen (secondary N) is 1. The van der Waals surface area contributed by atoms with Gasteiger partial charge in [-0.3, -0.25) is 4.79 Å². The van der Waals surface area contributed by atoms with Crippen molar-refractivity contribution in [2.45, 2.75) is 26.7 Å². The van der Waals surface area contributed by atoms with Gasteiger partial charge in [0.25, 0.3) is 0 Å². The molecule has 1 aliphatic carbocycles. The van der Waals surface area contributed by atoms with Crippen LogP contribution in [0.5, 0.6) is 0 Å². The molecule has 0 heterocycles. The summed E-state index contributed by atoms with van der Waals surface area (Å²) in [7, 11) is 0. The first-order chi connectivity index (χ1) is 8.91. The fraction of sp³-hybridized carbons (Fsp3) is 0.333. The number of benzene rings is 1. The Morgan fingerprint density at radius 1 is 1.26 bits per heavy atom. The van der Waals surface area contributed by atoms with Gasteiger partial charge in [0.1, 0.15) is 17.5 Å². The standard InChI is InChI=1S/C15H15FN2O/c1-15(2)7-13(12(9-17)14(19)8-15)18-11-5-3-10(16)4-6-11/h3-6,18H,7-8H2,1-2H3. The second-order valence-corrected chi connectivity index (χ2v) is 5.54. The Balaban J connectivity index is 2.32. The van der Waals surface area contributed by atoms with E-state index in [-0.39, 0.29) is 22.6 Å². The van der Waals surface area contributed by atoms with E-state index in [1.54, 1.807) is 12.1 Å². The van der Waals surface area contributed by atoms with Crippen molar-refractivity contribution in [1.29, 1.82) is 5.26 Å². The minimum atomic E-state index is -0.319. The summed E-state index contributed by atoms with van der Waals surface area (Å²) < 4.78 is 12.8. The molecule has 0 aliphatic heterocycles. The Hall–Kier alpha value is -2.15. The van der Waals surface area contributed by atoms with Crippen molar-refractivity contribution >= 4 is 11.5 Å². The van der Waals surface area contributed by atoms with Gasteiger partial charge < -0.3 is 5.32 Å². The van der Waals surface area contributed by atoms with Crippen LogP contribution in [-0.2, 0) is 4.79 Å². The van der Waals surface area contributed by atoms with E-state index in [0.717, 1.165) is 0 Å². The number of anilines is 1. The predicted molar refractivity (Wildman–Crippen MR) is 70.7 cm³/mol. The fourth-order valence-corrected chi connectivity index (χ4v) is 2.26. The first-order valence-electron chi connectivity index (χ1n) is 6.10. The first kappa shape index (κ1) is 13.3. The fourth-order valence-electron chi connectivity index (χ4n) is 2.26. The van der Waals surface area contributed by atoms with Crippen molar-refractivity contribution < 1.29 is 9.18 Å². The third-order valence-corrected chi connectivity index (χ3v) is 3.13. The van der Waals surface area contributed by atoms with Crippen LogP contribution < -0.4 is 5.32 Å². The minimum Gasteiger partial charge on any atom is -0.358 e. The normalized spacial score (nSPS) is 18.1. The summed E-state index contributed by atoms with van der Waals surface area (Å²) in [5.41, 5.74) is 1.31. The van der Waals surface area contributed by atoms with Gasteiger partial charge in [0.2, 0.25) is 0 Å². The maximum Gasteiger partial charge on any atom is 0.175 e. The molecule has 0 saturated carbocycles. The highest BCUT2D eigenvalue weighted by molar-refractivity contribution is 6.01. The number of hydrogen-bond donors (Lipinski definition) is 1. The molecule has 1 aromatic carbocycles. The molecule has 3 nitrogen and oxygen atoms in total. The second kappa shape index (κ2) is 4.85. The van der Waals surface area contributed by atoms with Gasteiger partial charge in [-0.25, -0.2) is 4.39 Å². The number of nitrogens with zero attached hydrogens (tertiary/aromatic N) is 1. The Morgan fingerprint density at radius 2 is 1.89 bits per heavy atom. The molecular weight excluding hydrogens is 243 g/mol. The van der Waals surface area contributed by atoms with Crippen molar-refractivity contribution in [3.8, 4) is 6.07 Å². The summed E-state index contributed by atoms with van der Waals surface area (Å²) in [5, 5.41) is 12.2. The average molecular weight is 258 g/mol. The van der Waals surface area contributed by atoms with Gasteiger partial charge in [0.05, 0.1) is 0 Å². The van der Waals surface area contributed by atoms with Crippen molar-refractivity contribution in [3.05, 3.63) is 41.4 Å². The number of carbonyl (C=O) groups excluding carboxylic acids is 1. The number of hydrogen-bond acceptors (Lipinski definition) is 3. The summed E-state index contributed by atoms with van der Waals surface area (Å²) in [4.78, 5) is 11.9. The van der Waals surface area contributed by atoms with E-state index in [4.69, 9.17) is 5.26 Å². The molecule has 4 heteroatoms. The summed E-state index contributed by atoms with van der Waals surface area (Å²) in [5.74, 6) is -0.455. The Morgan fingerprint density at radius 3 is 2.47 bits per heavy atom. The minimum absolute atomic E-state index is 0.136. The lowest BCUT2D eigenvalue weighted by Crippen LogP contribution is -2.28. The molecule has 1 aromatic rings. The van der Waals surface area contributed by atoms with E-state index in [9.17, 15) is 9.18 Å². The molecule has 0 saturated heterocycles. The van der Waals surface area contributed by atoms with Gasteiger partial charge >= 0.3 is 0 Å². The maximum absolute atomic E-state index is 12.8. The molecule has 0 aromatic heterocycles. The van der Waals surface area contributed by atoms with E-state index >= 15 is 0 Å². The molecule has 0 unspecified atom stereocenters. The van der Waals surface area contributed by atoms with E-state index in [1.165, 1.54) is 12.1 Å². The number of allylic oxidation sites excluding steroid dienone is 2. The molecule has 2 rings (SSSR count). The summed E-state index contributed by atoms with van der Waals surface area (Å²) in [6, 6.07) is 7.82. The Kier molecular flexibility index (Phi) is 3.39. The average Bonchev–Trinajstić information content (AvgIpc) is 2.30. The number of nitriles is 1. The van der Waals surface area contributed by atoms with Gasteiger partial charge in [-0.05, 0) is 36.1 Å². The van der Waals surface area contributed by atoms with Gasteiger partial charge in [0, 0.05) is 17.8 Å². The van der Waals surface area contributed by atoms with Crippen LogP contribution in [0.3, 0.4) is 0 Å². The lowest BCUT2D eigenvalue weighted by molar-refractivity contribution is -0.117. The van der Waals surface area contributed by atoms with Crippen molar-refractivity contribution in [2.24, 2.45) is 5.41 Å².